The molecule has 0 aromatic heterocycles. The average Bonchev–Trinajstić information content (AvgIpc) is 2.90. The Bertz CT molecular complexity index is 1030. The smallest absolute Gasteiger partial charge is 0.234 e. The second-order valence-electron chi connectivity index (χ2n) is 17.6. The molecule has 0 aliphatic carbocycles. The summed E-state index contributed by atoms with van der Waals surface area (Å²) in [6.45, 7) is 38.7. The SMILES string of the molecule is C#CC(=O)[C@H]1OC(C)(C)O[C@H]([C@H](C)C2(C[C@@H](O[Si](C)(C)C(C)(C)C)[C@H](C)[C@H](O[Si](C)(C)C(C)(C)C)C(C)C)SCCCS2)[C@@H]1C. The van der Waals surface area contributed by atoms with Crippen LogP contribution in [0.2, 0.25) is 36.3 Å². The summed E-state index contributed by atoms with van der Waals surface area (Å²) >= 11 is 4.13. The molecule has 0 radical (unpaired) electrons. The van der Waals surface area contributed by atoms with Crippen LogP contribution in [-0.4, -0.2) is 68.2 Å². The molecule has 0 aromatic rings. The minimum atomic E-state index is -2.15. The van der Waals surface area contributed by atoms with Crippen LogP contribution in [0.1, 0.15) is 103 Å². The minimum absolute atomic E-state index is 0.00917. The Hall–Kier alpha value is 0.204. The number of ether oxygens (including phenoxy) is 2. The Balaban J connectivity index is 2.64. The average molecular weight is 701 g/mol. The second-order valence-corrected chi connectivity index (χ2v) is 30.2. The van der Waals surface area contributed by atoms with E-state index in [2.05, 4.69) is 132 Å². The highest BCUT2D eigenvalue weighted by atomic mass is 32.2. The summed E-state index contributed by atoms with van der Waals surface area (Å²) in [7, 11) is -4.18. The second kappa shape index (κ2) is 15.0. The Labute approximate surface area is 288 Å². The monoisotopic (exact) mass is 700 g/mol. The summed E-state index contributed by atoms with van der Waals surface area (Å²) in [5, 5.41) is 0.200. The molecule has 0 spiro atoms. The van der Waals surface area contributed by atoms with Crippen molar-refractivity contribution in [2.45, 2.75) is 173 Å². The van der Waals surface area contributed by atoms with E-state index in [4.69, 9.17) is 24.7 Å². The molecular formula is C36H68O5S2Si2. The molecule has 2 aliphatic rings. The lowest BCUT2D eigenvalue weighted by atomic mass is 9.81. The quantitative estimate of drug-likeness (QED) is 0.114. The Kier molecular flexibility index (Phi) is 13.8. The summed E-state index contributed by atoms with van der Waals surface area (Å²) in [6, 6.07) is 0. The number of rotatable bonds is 12. The van der Waals surface area contributed by atoms with Crippen molar-refractivity contribution < 1.29 is 23.1 Å². The summed E-state index contributed by atoms with van der Waals surface area (Å²) in [6.07, 6.45) is 6.91. The van der Waals surface area contributed by atoms with Gasteiger partial charge in [0.15, 0.2) is 22.4 Å². The van der Waals surface area contributed by atoms with E-state index in [9.17, 15) is 4.79 Å². The van der Waals surface area contributed by atoms with Crippen LogP contribution in [0.15, 0.2) is 0 Å². The number of Topliss-reactive ketones (excluding diaryl/α,β-unsaturated/α-hetero) is 1. The van der Waals surface area contributed by atoms with E-state index in [0.29, 0.717) is 5.92 Å². The summed E-state index contributed by atoms with van der Waals surface area (Å²) in [5.74, 6) is 3.83. The van der Waals surface area contributed by atoms with Crippen molar-refractivity contribution in [2.24, 2.45) is 23.7 Å². The molecule has 0 bridgehead atoms. The molecule has 45 heavy (non-hydrogen) atoms. The number of ketones is 1. The topological polar surface area (TPSA) is 54.0 Å². The number of carbonyl (C=O) groups excluding carboxylic acids is 1. The maximum absolute atomic E-state index is 12.9. The van der Waals surface area contributed by atoms with Gasteiger partial charge >= 0.3 is 0 Å². The van der Waals surface area contributed by atoms with Crippen molar-refractivity contribution in [3.8, 4) is 12.3 Å². The molecule has 7 atom stereocenters. The van der Waals surface area contributed by atoms with Crippen LogP contribution in [0.5, 0.6) is 0 Å². The first-order valence-corrected chi connectivity index (χ1v) is 25.0. The van der Waals surface area contributed by atoms with Gasteiger partial charge in [0.05, 0.1) is 22.4 Å². The van der Waals surface area contributed by atoms with Crippen LogP contribution in [-0.2, 0) is 23.1 Å². The fraction of sp³-hybridized carbons (Fsp3) is 0.917. The summed E-state index contributed by atoms with van der Waals surface area (Å²) in [5.41, 5.74) is 0. The Morgan fingerprint density at radius 3 is 1.87 bits per heavy atom. The van der Waals surface area contributed by atoms with Gasteiger partial charge < -0.3 is 18.3 Å². The van der Waals surface area contributed by atoms with Gasteiger partial charge in [-0.1, -0.05) is 76.2 Å². The molecule has 2 aliphatic heterocycles. The molecule has 0 N–H and O–H groups in total. The Morgan fingerprint density at radius 2 is 1.42 bits per heavy atom. The van der Waals surface area contributed by atoms with Gasteiger partial charge in [-0.2, -0.15) is 0 Å². The fourth-order valence-corrected chi connectivity index (χ4v) is 12.7. The fourth-order valence-electron chi connectivity index (χ4n) is 6.14. The molecule has 9 heteroatoms. The van der Waals surface area contributed by atoms with Crippen molar-refractivity contribution >= 4 is 45.9 Å². The molecule has 5 nitrogen and oxygen atoms in total. The lowest BCUT2D eigenvalue weighted by Gasteiger charge is -2.53. The van der Waals surface area contributed by atoms with Gasteiger partial charge in [-0.3, -0.25) is 4.79 Å². The third kappa shape index (κ3) is 9.89. The first-order chi connectivity index (χ1) is 20.2. The van der Waals surface area contributed by atoms with Crippen LogP contribution >= 0.6 is 23.5 Å². The summed E-state index contributed by atoms with van der Waals surface area (Å²) in [4.78, 5) is 12.9. The molecule has 0 aromatic carbocycles. The molecule has 2 fully saturated rings. The van der Waals surface area contributed by atoms with Crippen molar-refractivity contribution in [2.75, 3.05) is 11.5 Å². The van der Waals surface area contributed by atoms with Gasteiger partial charge in [-0.15, -0.1) is 29.9 Å². The highest BCUT2D eigenvalue weighted by Crippen LogP contribution is 2.56. The van der Waals surface area contributed by atoms with Crippen molar-refractivity contribution in [3.63, 3.8) is 0 Å². The predicted molar refractivity (Wildman–Crippen MR) is 201 cm³/mol. The van der Waals surface area contributed by atoms with E-state index in [0.717, 1.165) is 17.9 Å². The van der Waals surface area contributed by atoms with Crippen molar-refractivity contribution in [1.29, 1.82) is 0 Å². The number of thioether (sulfide) groups is 2. The van der Waals surface area contributed by atoms with Crippen molar-refractivity contribution in [3.05, 3.63) is 0 Å². The molecule has 0 amide bonds. The van der Waals surface area contributed by atoms with Crippen LogP contribution in [0.3, 0.4) is 0 Å². The lowest BCUT2D eigenvalue weighted by Crippen LogP contribution is -2.58. The van der Waals surface area contributed by atoms with E-state index < -0.39 is 28.5 Å². The third-order valence-corrected chi connectivity index (χ3v) is 23.9. The van der Waals surface area contributed by atoms with Gasteiger partial charge in [0.25, 0.3) is 0 Å². The van der Waals surface area contributed by atoms with E-state index >= 15 is 0 Å². The number of carbonyl (C=O) groups is 1. The number of hydrogen-bond donors (Lipinski definition) is 0. The third-order valence-electron chi connectivity index (χ3n) is 11.1. The zero-order valence-electron chi connectivity index (χ0n) is 31.9. The zero-order chi connectivity index (χ0) is 35.0. The van der Waals surface area contributed by atoms with Gasteiger partial charge in [0.2, 0.25) is 5.78 Å². The maximum Gasteiger partial charge on any atom is 0.234 e. The number of terminal acetylenes is 1. The molecule has 0 saturated carbocycles. The van der Waals surface area contributed by atoms with Crippen LogP contribution < -0.4 is 0 Å². The first-order valence-electron chi connectivity index (χ1n) is 17.2. The summed E-state index contributed by atoms with van der Waals surface area (Å²) < 4.78 is 27.5. The molecule has 2 heterocycles. The Morgan fingerprint density at radius 1 is 0.933 bits per heavy atom. The molecule has 0 unspecified atom stereocenters. The highest BCUT2D eigenvalue weighted by Gasteiger charge is 2.54. The van der Waals surface area contributed by atoms with Gasteiger partial charge in [0.1, 0.15) is 6.10 Å². The number of hydrogen-bond acceptors (Lipinski definition) is 7. The van der Waals surface area contributed by atoms with E-state index in [-0.39, 0.29) is 56.0 Å². The van der Waals surface area contributed by atoms with Crippen LogP contribution in [0.4, 0.5) is 0 Å². The van der Waals surface area contributed by atoms with Crippen LogP contribution in [0, 0.1) is 36.0 Å². The molecular weight excluding hydrogens is 633 g/mol. The van der Waals surface area contributed by atoms with Gasteiger partial charge in [-0.25, -0.2) is 0 Å². The highest BCUT2D eigenvalue weighted by molar-refractivity contribution is 8.18. The normalized spacial score (nSPS) is 27.4. The standard InChI is InChI=1S/C36H68O5S2Si2/c1-19-28(37)32-26(5)31(38-35(13,14)39-32)27(6)36(42-21-20-22-43-36)23-29(40-44(15,16)33(7,8)9)25(4)30(24(2)3)41-45(17,18)34(10,11)12/h1,24-27,29-32H,20-23H2,2-18H3/t25-,26-,27-,29+,30+,31-,32-/m0/s1. The van der Waals surface area contributed by atoms with Crippen molar-refractivity contribution in [1.82, 2.24) is 0 Å². The lowest BCUT2D eigenvalue weighted by molar-refractivity contribution is -0.319. The minimum Gasteiger partial charge on any atom is -0.413 e. The van der Waals surface area contributed by atoms with E-state index in [1.54, 1.807) is 0 Å². The van der Waals surface area contributed by atoms with E-state index in [1.165, 1.54) is 6.42 Å². The first kappa shape index (κ1) is 41.4. The van der Waals surface area contributed by atoms with Crippen LogP contribution in [0.25, 0.3) is 0 Å². The maximum atomic E-state index is 12.9. The molecule has 2 rings (SSSR count). The molecule has 2 saturated heterocycles. The molecule has 262 valence electrons. The zero-order valence-corrected chi connectivity index (χ0v) is 35.5. The predicted octanol–water partition coefficient (Wildman–Crippen LogP) is 10.0. The van der Waals surface area contributed by atoms with E-state index in [1.807, 2.05) is 13.8 Å². The largest absolute Gasteiger partial charge is 0.413 e. The van der Waals surface area contributed by atoms with Gasteiger partial charge in [0, 0.05) is 17.8 Å². The van der Waals surface area contributed by atoms with Gasteiger partial charge in [-0.05, 0) is 86.3 Å².